The number of piperazine rings is 1. The second-order valence-electron chi connectivity index (χ2n) is 7.32. The SMILES string of the molecule is COc1ccc(C)cc1NC(=O)N1CCN(CCC2=CCCCC2)CC1. The number of anilines is 1. The van der Waals surface area contributed by atoms with Crippen molar-refractivity contribution < 1.29 is 9.53 Å². The van der Waals surface area contributed by atoms with Crippen molar-refractivity contribution in [1.82, 2.24) is 9.80 Å². The minimum absolute atomic E-state index is 0.0384. The number of carbonyl (C=O) groups excluding carboxylic acids is 1. The zero-order valence-corrected chi connectivity index (χ0v) is 16.1. The molecule has 5 nitrogen and oxygen atoms in total. The summed E-state index contributed by atoms with van der Waals surface area (Å²) in [6.45, 7) is 6.58. The van der Waals surface area contributed by atoms with E-state index >= 15 is 0 Å². The summed E-state index contributed by atoms with van der Waals surface area (Å²) in [5, 5.41) is 3.00. The Morgan fingerprint density at radius 1 is 1.19 bits per heavy atom. The van der Waals surface area contributed by atoms with Gasteiger partial charge in [0.05, 0.1) is 12.8 Å². The molecule has 0 aromatic heterocycles. The van der Waals surface area contributed by atoms with E-state index in [9.17, 15) is 4.79 Å². The number of amides is 2. The molecule has 1 aliphatic carbocycles. The van der Waals surface area contributed by atoms with Crippen LogP contribution >= 0.6 is 0 Å². The highest BCUT2D eigenvalue weighted by molar-refractivity contribution is 5.91. The molecule has 2 aliphatic rings. The lowest BCUT2D eigenvalue weighted by Crippen LogP contribution is -2.50. The molecular weight excluding hydrogens is 326 g/mol. The molecule has 0 spiro atoms. The lowest BCUT2D eigenvalue weighted by atomic mass is 9.97. The van der Waals surface area contributed by atoms with Crippen molar-refractivity contribution in [3.63, 3.8) is 0 Å². The Morgan fingerprint density at radius 3 is 2.69 bits per heavy atom. The fourth-order valence-corrected chi connectivity index (χ4v) is 3.72. The number of urea groups is 1. The smallest absolute Gasteiger partial charge is 0.322 e. The Labute approximate surface area is 157 Å². The van der Waals surface area contributed by atoms with Crippen LogP contribution in [0.25, 0.3) is 0 Å². The van der Waals surface area contributed by atoms with E-state index < -0.39 is 0 Å². The molecule has 1 aromatic rings. The lowest BCUT2D eigenvalue weighted by molar-refractivity contribution is 0.148. The summed E-state index contributed by atoms with van der Waals surface area (Å²) >= 11 is 0. The molecule has 1 fully saturated rings. The molecule has 142 valence electrons. The first-order valence-electron chi connectivity index (χ1n) is 9.76. The van der Waals surface area contributed by atoms with E-state index in [1.807, 2.05) is 30.0 Å². The zero-order valence-electron chi connectivity index (χ0n) is 16.1. The van der Waals surface area contributed by atoms with Gasteiger partial charge in [0, 0.05) is 32.7 Å². The topological polar surface area (TPSA) is 44.8 Å². The fraction of sp³-hybridized carbons (Fsp3) is 0.571. The van der Waals surface area contributed by atoms with Crippen LogP contribution in [0, 0.1) is 6.92 Å². The number of aryl methyl sites for hydroxylation is 1. The van der Waals surface area contributed by atoms with Crippen LogP contribution in [0.4, 0.5) is 10.5 Å². The highest BCUT2D eigenvalue weighted by Gasteiger charge is 2.22. The number of nitrogens with one attached hydrogen (secondary N) is 1. The van der Waals surface area contributed by atoms with E-state index in [4.69, 9.17) is 4.74 Å². The van der Waals surface area contributed by atoms with Gasteiger partial charge in [0.2, 0.25) is 0 Å². The van der Waals surface area contributed by atoms with Crippen LogP contribution in [-0.4, -0.2) is 55.7 Å². The highest BCUT2D eigenvalue weighted by atomic mass is 16.5. The maximum Gasteiger partial charge on any atom is 0.322 e. The second-order valence-corrected chi connectivity index (χ2v) is 7.32. The van der Waals surface area contributed by atoms with E-state index in [1.54, 1.807) is 12.7 Å². The van der Waals surface area contributed by atoms with Crippen LogP contribution in [-0.2, 0) is 0 Å². The van der Waals surface area contributed by atoms with Gasteiger partial charge in [-0.15, -0.1) is 0 Å². The van der Waals surface area contributed by atoms with Crippen LogP contribution in [0.1, 0.15) is 37.7 Å². The number of benzene rings is 1. The van der Waals surface area contributed by atoms with Gasteiger partial charge >= 0.3 is 6.03 Å². The summed E-state index contributed by atoms with van der Waals surface area (Å²) in [5.41, 5.74) is 3.47. The van der Waals surface area contributed by atoms with Crippen LogP contribution in [0.5, 0.6) is 5.75 Å². The summed E-state index contributed by atoms with van der Waals surface area (Å²) in [4.78, 5) is 17.0. The van der Waals surface area contributed by atoms with Crippen molar-refractivity contribution in [2.24, 2.45) is 0 Å². The van der Waals surface area contributed by atoms with E-state index in [2.05, 4.69) is 16.3 Å². The van der Waals surface area contributed by atoms with Gasteiger partial charge in [-0.1, -0.05) is 17.7 Å². The van der Waals surface area contributed by atoms with Gasteiger partial charge in [-0.05, 0) is 56.7 Å². The predicted molar refractivity (Wildman–Crippen MR) is 106 cm³/mol. The third-order valence-corrected chi connectivity index (χ3v) is 5.39. The number of carbonyl (C=O) groups is 1. The van der Waals surface area contributed by atoms with Gasteiger partial charge in [-0.2, -0.15) is 0 Å². The Bertz CT molecular complexity index is 649. The molecule has 5 heteroatoms. The normalized spacial score (nSPS) is 18.4. The van der Waals surface area contributed by atoms with Gasteiger partial charge in [0.25, 0.3) is 0 Å². The largest absolute Gasteiger partial charge is 0.495 e. The van der Waals surface area contributed by atoms with Crippen LogP contribution in [0.2, 0.25) is 0 Å². The van der Waals surface area contributed by atoms with Crippen molar-refractivity contribution in [2.75, 3.05) is 45.2 Å². The highest BCUT2D eigenvalue weighted by Crippen LogP contribution is 2.25. The monoisotopic (exact) mass is 357 g/mol. The van der Waals surface area contributed by atoms with E-state index in [0.717, 1.165) is 44.0 Å². The number of nitrogens with zero attached hydrogens (tertiary/aromatic N) is 2. The van der Waals surface area contributed by atoms with Gasteiger partial charge < -0.3 is 15.0 Å². The standard InChI is InChI=1S/C21H31N3O2/c1-17-8-9-20(26-2)19(16-17)22-21(25)24-14-12-23(13-15-24)11-10-18-6-4-3-5-7-18/h6,8-9,16H,3-5,7,10-15H2,1-2H3,(H,22,25). The molecule has 0 unspecified atom stereocenters. The molecule has 0 radical (unpaired) electrons. The first-order valence-corrected chi connectivity index (χ1v) is 9.76. The Hall–Kier alpha value is -2.01. The molecule has 1 saturated heterocycles. The van der Waals surface area contributed by atoms with Crippen molar-refractivity contribution in [3.8, 4) is 5.75 Å². The molecule has 1 aromatic carbocycles. The summed E-state index contributed by atoms with van der Waals surface area (Å²) in [6.07, 6.45) is 8.85. The first kappa shape index (κ1) is 18.8. The maximum atomic E-state index is 12.6. The number of allylic oxidation sites excluding steroid dienone is 1. The quantitative estimate of drug-likeness (QED) is 0.809. The summed E-state index contributed by atoms with van der Waals surface area (Å²) < 4.78 is 5.35. The summed E-state index contributed by atoms with van der Waals surface area (Å²) in [5.74, 6) is 0.698. The van der Waals surface area contributed by atoms with Gasteiger partial charge in [-0.25, -0.2) is 4.79 Å². The van der Waals surface area contributed by atoms with Gasteiger partial charge in [-0.3, -0.25) is 4.90 Å². The molecule has 1 aliphatic heterocycles. The van der Waals surface area contributed by atoms with Crippen molar-refractivity contribution in [2.45, 2.75) is 39.0 Å². The average molecular weight is 357 g/mol. The molecule has 0 saturated carbocycles. The Morgan fingerprint density at radius 2 is 2.00 bits per heavy atom. The molecule has 26 heavy (non-hydrogen) atoms. The minimum atomic E-state index is -0.0384. The second kappa shape index (κ2) is 9.08. The van der Waals surface area contributed by atoms with Crippen molar-refractivity contribution in [1.29, 1.82) is 0 Å². The molecule has 2 amide bonds. The van der Waals surface area contributed by atoms with Crippen LogP contribution < -0.4 is 10.1 Å². The Balaban J connectivity index is 1.46. The van der Waals surface area contributed by atoms with Crippen molar-refractivity contribution in [3.05, 3.63) is 35.4 Å². The third kappa shape index (κ3) is 5.01. The minimum Gasteiger partial charge on any atom is -0.495 e. The molecule has 3 rings (SSSR count). The zero-order chi connectivity index (χ0) is 18.4. The third-order valence-electron chi connectivity index (χ3n) is 5.39. The van der Waals surface area contributed by atoms with E-state index in [-0.39, 0.29) is 6.03 Å². The molecule has 0 atom stereocenters. The van der Waals surface area contributed by atoms with Gasteiger partial charge in [0.1, 0.15) is 5.75 Å². The first-order chi connectivity index (χ1) is 12.7. The summed E-state index contributed by atoms with van der Waals surface area (Å²) in [7, 11) is 1.63. The molecule has 0 bridgehead atoms. The average Bonchev–Trinajstić information content (AvgIpc) is 2.68. The van der Waals surface area contributed by atoms with Crippen LogP contribution in [0.15, 0.2) is 29.8 Å². The Kier molecular flexibility index (Phi) is 6.56. The predicted octanol–water partition coefficient (Wildman–Crippen LogP) is 4.04. The number of hydrogen-bond donors (Lipinski definition) is 1. The van der Waals surface area contributed by atoms with E-state index in [1.165, 1.54) is 32.1 Å². The number of ether oxygens (including phenoxy) is 1. The number of methoxy groups -OCH3 is 1. The van der Waals surface area contributed by atoms with Gasteiger partial charge in [0.15, 0.2) is 0 Å². The molecule has 1 heterocycles. The number of rotatable bonds is 5. The molecular formula is C21H31N3O2. The number of hydrogen-bond acceptors (Lipinski definition) is 3. The maximum absolute atomic E-state index is 12.6. The lowest BCUT2D eigenvalue weighted by Gasteiger charge is -2.35. The fourth-order valence-electron chi connectivity index (χ4n) is 3.72. The van der Waals surface area contributed by atoms with E-state index in [0.29, 0.717) is 5.75 Å². The molecule has 1 N–H and O–H groups in total. The van der Waals surface area contributed by atoms with Crippen LogP contribution in [0.3, 0.4) is 0 Å². The van der Waals surface area contributed by atoms with Crippen molar-refractivity contribution >= 4 is 11.7 Å². The summed E-state index contributed by atoms with van der Waals surface area (Å²) in [6, 6.07) is 5.78.